The number of fused-ring (bicyclic) bond motifs is 3. The number of hydrogen-bond donors (Lipinski definition) is 0. The maximum Gasteiger partial charge on any atom is 0.215 e. The number of aryl methyl sites for hydroxylation is 1. The minimum Gasteiger partial charge on any atom is -0.494 e. The van der Waals surface area contributed by atoms with E-state index in [4.69, 9.17) is 9.47 Å². The molecule has 0 aliphatic rings. The molecule has 0 atom stereocenters. The number of aromatic nitrogens is 5. The van der Waals surface area contributed by atoms with Gasteiger partial charge in [-0.15, -0.1) is 10.2 Å². The highest BCUT2D eigenvalue weighted by Crippen LogP contribution is 2.30. The number of nitrogens with zero attached hydrogens (tertiary/aromatic N) is 5. The van der Waals surface area contributed by atoms with Crippen LogP contribution in [0.15, 0.2) is 30.3 Å². The number of halogens is 1. The molecule has 8 heteroatoms. The van der Waals surface area contributed by atoms with Crippen LogP contribution >= 0.6 is 0 Å². The average Bonchev–Trinajstić information content (AvgIpc) is 3.06. The van der Waals surface area contributed by atoms with E-state index in [1.54, 1.807) is 35.6 Å². The van der Waals surface area contributed by atoms with Crippen LogP contribution in [0.4, 0.5) is 4.39 Å². The molecule has 0 radical (unpaired) electrons. The van der Waals surface area contributed by atoms with Gasteiger partial charge in [0.25, 0.3) is 0 Å². The van der Waals surface area contributed by atoms with E-state index in [0.717, 1.165) is 12.8 Å². The predicted octanol–water partition coefficient (Wildman–Crippen LogP) is 3.97. The van der Waals surface area contributed by atoms with E-state index in [0.29, 0.717) is 52.1 Å². The number of imidazole rings is 1. The summed E-state index contributed by atoms with van der Waals surface area (Å²) in [5.74, 6) is 1.02. The zero-order chi connectivity index (χ0) is 19.7. The number of benzene rings is 1. The molecule has 3 aromatic heterocycles. The molecule has 0 amide bonds. The zero-order valence-corrected chi connectivity index (χ0v) is 15.9. The lowest BCUT2D eigenvalue weighted by atomic mass is 10.2. The van der Waals surface area contributed by atoms with Gasteiger partial charge in [-0.2, -0.15) is 4.98 Å². The number of pyridine rings is 1. The minimum absolute atomic E-state index is 0.316. The van der Waals surface area contributed by atoms with Crippen LogP contribution in [0.2, 0.25) is 0 Å². The Morgan fingerprint density at radius 3 is 2.71 bits per heavy atom. The molecule has 4 aromatic rings. The molecule has 0 aliphatic heterocycles. The lowest BCUT2D eigenvalue weighted by Crippen LogP contribution is -2.02. The Labute approximate surface area is 161 Å². The normalized spacial score (nSPS) is 11.3. The topological polar surface area (TPSA) is 74.4 Å². The van der Waals surface area contributed by atoms with E-state index in [1.807, 2.05) is 0 Å². The van der Waals surface area contributed by atoms with Gasteiger partial charge in [0.2, 0.25) is 5.88 Å². The van der Waals surface area contributed by atoms with Crippen molar-refractivity contribution in [2.45, 2.75) is 26.7 Å². The van der Waals surface area contributed by atoms with Gasteiger partial charge in [-0.3, -0.25) is 4.40 Å². The molecule has 0 aliphatic carbocycles. The maximum absolute atomic E-state index is 14.7. The molecule has 0 N–H and O–H groups in total. The Morgan fingerprint density at radius 2 is 1.93 bits per heavy atom. The second-order valence-electron chi connectivity index (χ2n) is 6.42. The van der Waals surface area contributed by atoms with Gasteiger partial charge in [-0.05, 0) is 37.6 Å². The van der Waals surface area contributed by atoms with Gasteiger partial charge in [0, 0.05) is 6.07 Å². The second-order valence-corrected chi connectivity index (χ2v) is 6.42. The smallest absolute Gasteiger partial charge is 0.215 e. The quantitative estimate of drug-likeness (QED) is 0.471. The van der Waals surface area contributed by atoms with Crippen molar-refractivity contribution in [3.63, 3.8) is 0 Å². The summed E-state index contributed by atoms with van der Waals surface area (Å²) in [5.41, 5.74) is 2.51. The molecule has 0 saturated heterocycles. The molecule has 0 bridgehead atoms. The number of rotatable bonds is 6. The Hall–Kier alpha value is -3.29. The third-order valence-electron chi connectivity index (χ3n) is 4.47. The highest BCUT2D eigenvalue weighted by atomic mass is 19.1. The molecule has 7 nitrogen and oxygen atoms in total. The molecule has 1 aromatic carbocycles. The van der Waals surface area contributed by atoms with Crippen LogP contribution in [0, 0.1) is 12.7 Å². The summed E-state index contributed by atoms with van der Waals surface area (Å²) in [6.07, 6.45) is 1.96. The summed E-state index contributed by atoms with van der Waals surface area (Å²) in [6.45, 7) is 4.47. The van der Waals surface area contributed by atoms with E-state index < -0.39 is 5.82 Å². The van der Waals surface area contributed by atoms with Crippen molar-refractivity contribution in [2.24, 2.45) is 0 Å². The third kappa shape index (κ3) is 3.11. The van der Waals surface area contributed by atoms with Crippen molar-refractivity contribution < 1.29 is 13.9 Å². The van der Waals surface area contributed by atoms with Gasteiger partial charge in [0.05, 0.1) is 25.0 Å². The van der Waals surface area contributed by atoms with Crippen LogP contribution in [0.5, 0.6) is 11.6 Å². The Balaban J connectivity index is 1.93. The molecular formula is C20H20FN5O2. The molecule has 0 fully saturated rings. The maximum atomic E-state index is 14.7. The van der Waals surface area contributed by atoms with Gasteiger partial charge < -0.3 is 9.47 Å². The van der Waals surface area contributed by atoms with Crippen LogP contribution in [0.1, 0.15) is 25.5 Å². The SMILES string of the molecule is CCCCOc1ccc(F)c(-c2nc(C)c3nnc4ccc(OC)nc4n23)c1. The molecule has 4 rings (SSSR count). The van der Waals surface area contributed by atoms with Gasteiger partial charge in [-0.1, -0.05) is 13.3 Å². The van der Waals surface area contributed by atoms with Gasteiger partial charge in [0.1, 0.15) is 17.1 Å². The highest BCUT2D eigenvalue weighted by Gasteiger charge is 2.19. The number of hydrogen-bond acceptors (Lipinski definition) is 6. The lowest BCUT2D eigenvalue weighted by molar-refractivity contribution is 0.309. The number of unbranched alkanes of at least 4 members (excludes halogenated alkanes) is 1. The Bertz CT molecular complexity index is 1160. The molecule has 0 unspecified atom stereocenters. The minimum atomic E-state index is -0.400. The second kappa shape index (κ2) is 7.38. The van der Waals surface area contributed by atoms with Gasteiger partial charge >= 0.3 is 0 Å². The monoisotopic (exact) mass is 381 g/mol. The molecule has 0 spiro atoms. The average molecular weight is 381 g/mol. The van der Waals surface area contributed by atoms with Crippen LogP contribution in [0.3, 0.4) is 0 Å². The first-order chi connectivity index (χ1) is 13.6. The summed E-state index contributed by atoms with van der Waals surface area (Å²) in [5, 5.41) is 8.43. The molecule has 0 saturated carbocycles. The molecule has 144 valence electrons. The van der Waals surface area contributed by atoms with Gasteiger partial charge in [0.15, 0.2) is 17.1 Å². The Kier molecular flexibility index (Phi) is 4.77. The fraction of sp³-hybridized carbons (Fsp3) is 0.300. The lowest BCUT2D eigenvalue weighted by Gasteiger charge is -2.09. The van der Waals surface area contributed by atoms with Crippen LogP contribution < -0.4 is 9.47 Å². The van der Waals surface area contributed by atoms with Crippen LogP contribution in [0.25, 0.3) is 28.2 Å². The van der Waals surface area contributed by atoms with Crippen molar-refractivity contribution in [1.29, 1.82) is 0 Å². The van der Waals surface area contributed by atoms with Crippen LogP contribution in [-0.4, -0.2) is 38.3 Å². The van der Waals surface area contributed by atoms with E-state index in [1.165, 1.54) is 13.2 Å². The van der Waals surface area contributed by atoms with Crippen molar-refractivity contribution in [3.8, 4) is 23.0 Å². The van der Waals surface area contributed by atoms with E-state index in [9.17, 15) is 4.39 Å². The first-order valence-electron chi connectivity index (χ1n) is 9.11. The molecule has 28 heavy (non-hydrogen) atoms. The first-order valence-corrected chi connectivity index (χ1v) is 9.11. The predicted molar refractivity (Wildman–Crippen MR) is 103 cm³/mol. The van der Waals surface area contributed by atoms with Crippen molar-refractivity contribution in [2.75, 3.05) is 13.7 Å². The van der Waals surface area contributed by atoms with E-state index in [2.05, 4.69) is 27.1 Å². The van der Waals surface area contributed by atoms with Crippen molar-refractivity contribution in [1.82, 2.24) is 24.6 Å². The van der Waals surface area contributed by atoms with E-state index in [-0.39, 0.29) is 0 Å². The van der Waals surface area contributed by atoms with E-state index >= 15 is 0 Å². The summed E-state index contributed by atoms with van der Waals surface area (Å²) in [6, 6.07) is 8.13. The summed E-state index contributed by atoms with van der Waals surface area (Å²) in [7, 11) is 1.54. The Morgan fingerprint density at radius 1 is 1.07 bits per heavy atom. The largest absolute Gasteiger partial charge is 0.494 e. The highest BCUT2D eigenvalue weighted by molar-refractivity contribution is 5.78. The third-order valence-corrected chi connectivity index (χ3v) is 4.47. The summed E-state index contributed by atoms with van der Waals surface area (Å²) in [4.78, 5) is 9.03. The summed E-state index contributed by atoms with van der Waals surface area (Å²) >= 11 is 0. The van der Waals surface area contributed by atoms with Crippen LogP contribution in [-0.2, 0) is 0 Å². The van der Waals surface area contributed by atoms with Crippen molar-refractivity contribution in [3.05, 3.63) is 41.8 Å². The summed E-state index contributed by atoms with van der Waals surface area (Å²) < 4.78 is 27.4. The zero-order valence-electron chi connectivity index (χ0n) is 15.9. The van der Waals surface area contributed by atoms with Gasteiger partial charge in [-0.25, -0.2) is 9.37 Å². The first kappa shape index (κ1) is 18.1. The number of ether oxygens (including phenoxy) is 2. The number of methoxy groups -OCH3 is 1. The molecule has 3 heterocycles. The standard InChI is InChI=1S/C20H20FN5O2/c1-4-5-10-28-13-6-7-15(21)14(11-13)19-22-12(2)18-25-24-16-8-9-17(27-3)23-20(16)26(18)19/h6-9,11H,4-5,10H2,1-3H3. The fourth-order valence-electron chi connectivity index (χ4n) is 3.00. The van der Waals surface area contributed by atoms with Crippen molar-refractivity contribution >= 4 is 16.8 Å². The fourth-order valence-corrected chi connectivity index (χ4v) is 3.00. The molecular weight excluding hydrogens is 361 g/mol.